The minimum Gasteiger partial charge on any atom is -0.497 e. The molecule has 21 heavy (non-hydrogen) atoms. The minimum atomic E-state index is 0. The van der Waals surface area contributed by atoms with Crippen LogP contribution in [0.2, 0.25) is 0 Å². The molecular weight excluding hydrogens is 290 g/mol. The lowest BCUT2D eigenvalue weighted by Gasteiger charge is -2.23. The largest absolute Gasteiger partial charge is 0.497 e. The van der Waals surface area contributed by atoms with Gasteiger partial charge in [-0.05, 0) is 43.5 Å². The summed E-state index contributed by atoms with van der Waals surface area (Å²) in [5, 5.41) is 3.53. The fraction of sp³-hybridized carbons (Fsp3) is 0.625. The summed E-state index contributed by atoms with van der Waals surface area (Å²) in [5.41, 5.74) is 1.08. The molecular formula is C16H26ClNO3. The second-order valence-electron chi connectivity index (χ2n) is 5.21. The molecule has 1 saturated heterocycles. The van der Waals surface area contributed by atoms with Crippen LogP contribution in [0, 0.1) is 0 Å². The lowest BCUT2D eigenvalue weighted by atomic mass is 10.0. The van der Waals surface area contributed by atoms with Gasteiger partial charge in [-0.15, -0.1) is 12.4 Å². The van der Waals surface area contributed by atoms with Crippen LogP contribution in [0.3, 0.4) is 0 Å². The zero-order valence-corrected chi connectivity index (χ0v) is 13.7. The van der Waals surface area contributed by atoms with E-state index in [1.807, 2.05) is 18.2 Å². The maximum atomic E-state index is 5.77. The van der Waals surface area contributed by atoms with Gasteiger partial charge in [-0.25, -0.2) is 0 Å². The van der Waals surface area contributed by atoms with Crippen LogP contribution in [0.4, 0.5) is 0 Å². The number of halogens is 1. The van der Waals surface area contributed by atoms with Crippen LogP contribution in [0.1, 0.15) is 31.2 Å². The molecule has 0 amide bonds. The van der Waals surface area contributed by atoms with Gasteiger partial charge in [0.1, 0.15) is 11.5 Å². The molecule has 0 aliphatic carbocycles. The zero-order chi connectivity index (χ0) is 14.2. The first-order valence-corrected chi connectivity index (χ1v) is 7.35. The van der Waals surface area contributed by atoms with E-state index in [0.29, 0.717) is 12.6 Å². The highest BCUT2D eigenvalue weighted by Gasteiger charge is 2.11. The summed E-state index contributed by atoms with van der Waals surface area (Å²) in [6, 6.07) is 6.47. The molecule has 2 rings (SSSR count). The van der Waals surface area contributed by atoms with Crippen LogP contribution in [-0.2, 0) is 11.3 Å². The summed E-state index contributed by atoms with van der Waals surface area (Å²) in [4.78, 5) is 0. The molecule has 1 atom stereocenters. The van der Waals surface area contributed by atoms with Gasteiger partial charge in [0.25, 0.3) is 0 Å². The Morgan fingerprint density at radius 1 is 1.10 bits per heavy atom. The van der Waals surface area contributed by atoms with E-state index in [0.717, 1.165) is 36.6 Å². The van der Waals surface area contributed by atoms with Crippen LogP contribution in [0.25, 0.3) is 0 Å². The highest BCUT2D eigenvalue weighted by molar-refractivity contribution is 5.85. The highest BCUT2D eigenvalue weighted by Crippen LogP contribution is 2.23. The first-order chi connectivity index (χ1) is 9.81. The average Bonchev–Trinajstić information content (AvgIpc) is 2.52. The Kier molecular flexibility index (Phi) is 8.50. The van der Waals surface area contributed by atoms with Crippen molar-refractivity contribution < 1.29 is 14.2 Å². The molecule has 0 spiro atoms. The molecule has 1 heterocycles. The second kappa shape index (κ2) is 9.87. The average molecular weight is 316 g/mol. The Hall–Kier alpha value is -0.970. The van der Waals surface area contributed by atoms with Crippen LogP contribution in [0.5, 0.6) is 11.5 Å². The van der Waals surface area contributed by atoms with Crippen molar-refractivity contribution in [2.75, 3.05) is 27.4 Å². The summed E-state index contributed by atoms with van der Waals surface area (Å²) in [7, 11) is 3.32. The third-order valence-electron chi connectivity index (χ3n) is 3.70. The number of nitrogens with one attached hydrogen (secondary N) is 1. The van der Waals surface area contributed by atoms with E-state index in [2.05, 4.69) is 5.32 Å². The first kappa shape index (κ1) is 18.1. The van der Waals surface area contributed by atoms with E-state index < -0.39 is 0 Å². The topological polar surface area (TPSA) is 39.7 Å². The van der Waals surface area contributed by atoms with Crippen molar-refractivity contribution in [1.82, 2.24) is 5.32 Å². The van der Waals surface area contributed by atoms with Crippen LogP contribution < -0.4 is 14.8 Å². The third-order valence-corrected chi connectivity index (χ3v) is 3.70. The number of hydrogen-bond donors (Lipinski definition) is 1. The number of methoxy groups -OCH3 is 2. The van der Waals surface area contributed by atoms with Gasteiger partial charge in [0, 0.05) is 18.7 Å². The normalized spacial score (nSPS) is 17.9. The van der Waals surface area contributed by atoms with E-state index in [1.54, 1.807) is 14.2 Å². The predicted octanol–water partition coefficient (Wildman–Crippen LogP) is 3.17. The SMILES string of the molecule is COc1cc(COCCC2CCCCN2)cc(OC)c1.Cl. The van der Waals surface area contributed by atoms with E-state index in [-0.39, 0.29) is 12.4 Å². The van der Waals surface area contributed by atoms with Crippen molar-refractivity contribution in [1.29, 1.82) is 0 Å². The van der Waals surface area contributed by atoms with E-state index in [1.165, 1.54) is 19.3 Å². The van der Waals surface area contributed by atoms with E-state index in [4.69, 9.17) is 14.2 Å². The molecule has 1 aromatic rings. The summed E-state index contributed by atoms with van der Waals surface area (Å²) in [5.74, 6) is 1.61. The maximum Gasteiger partial charge on any atom is 0.122 e. The Morgan fingerprint density at radius 2 is 1.81 bits per heavy atom. The number of ether oxygens (including phenoxy) is 3. The summed E-state index contributed by atoms with van der Waals surface area (Å²) in [6.45, 7) is 2.54. The fourth-order valence-corrected chi connectivity index (χ4v) is 2.54. The summed E-state index contributed by atoms with van der Waals surface area (Å²) in [6.07, 6.45) is 5.00. The lowest BCUT2D eigenvalue weighted by molar-refractivity contribution is 0.108. The van der Waals surface area contributed by atoms with Crippen molar-refractivity contribution in [3.05, 3.63) is 23.8 Å². The number of hydrogen-bond acceptors (Lipinski definition) is 4. The molecule has 120 valence electrons. The Morgan fingerprint density at radius 3 is 2.38 bits per heavy atom. The molecule has 1 aliphatic rings. The van der Waals surface area contributed by atoms with Crippen molar-refractivity contribution in [2.45, 2.75) is 38.3 Å². The van der Waals surface area contributed by atoms with Crippen LogP contribution >= 0.6 is 12.4 Å². The molecule has 0 saturated carbocycles. The van der Waals surface area contributed by atoms with Gasteiger partial charge in [-0.1, -0.05) is 6.42 Å². The zero-order valence-electron chi connectivity index (χ0n) is 12.9. The Bertz CT molecular complexity index is 386. The Labute approximate surface area is 133 Å². The third kappa shape index (κ3) is 6.12. The number of rotatable bonds is 7. The molecule has 4 nitrogen and oxygen atoms in total. The van der Waals surface area contributed by atoms with E-state index in [9.17, 15) is 0 Å². The molecule has 1 aliphatic heterocycles. The predicted molar refractivity (Wildman–Crippen MR) is 86.7 cm³/mol. The standard InChI is InChI=1S/C16H25NO3.ClH/c1-18-15-9-13(10-16(11-15)19-2)12-20-8-6-14-5-3-4-7-17-14;/h9-11,14,17H,3-8,12H2,1-2H3;1H. The monoisotopic (exact) mass is 315 g/mol. The van der Waals surface area contributed by atoms with Gasteiger partial charge >= 0.3 is 0 Å². The van der Waals surface area contributed by atoms with E-state index >= 15 is 0 Å². The van der Waals surface area contributed by atoms with Gasteiger partial charge in [0.05, 0.1) is 20.8 Å². The minimum absolute atomic E-state index is 0. The molecule has 1 fully saturated rings. The number of benzene rings is 1. The number of piperidine rings is 1. The molecule has 0 aromatic heterocycles. The molecule has 5 heteroatoms. The molecule has 1 N–H and O–H groups in total. The van der Waals surface area contributed by atoms with Gasteiger partial charge in [0.2, 0.25) is 0 Å². The molecule has 1 aromatic carbocycles. The van der Waals surface area contributed by atoms with Crippen molar-refractivity contribution in [3.8, 4) is 11.5 Å². The van der Waals surface area contributed by atoms with Gasteiger partial charge in [-0.3, -0.25) is 0 Å². The van der Waals surface area contributed by atoms with Gasteiger partial charge in [0.15, 0.2) is 0 Å². The molecule has 1 unspecified atom stereocenters. The highest BCUT2D eigenvalue weighted by atomic mass is 35.5. The van der Waals surface area contributed by atoms with Gasteiger partial charge < -0.3 is 19.5 Å². The summed E-state index contributed by atoms with van der Waals surface area (Å²) >= 11 is 0. The van der Waals surface area contributed by atoms with Crippen molar-refractivity contribution >= 4 is 12.4 Å². The first-order valence-electron chi connectivity index (χ1n) is 7.35. The maximum absolute atomic E-state index is 5.77. The lowest BCUT2D eigenvalue weighted by Crippen LogP contribution is -2.34. The van der Waals surface area contributed by atoms with Crippen LogP contribution in [0.15, 0.2) is 18.2 Å². The van der Waals surface area contributed by atoms with Crippen molar-refractivity contribution in [3.63, 3.8) is 0 Å². The quantitative estimate of drug-likeness (QED) is 0.785. The summed E-state index contributed by atoms with van der Waals surface area (Å²) < 4.78 is 16.3. The molecule has 0 bridgehead atoms. The Balaban J connectivity index is 0.00000220. The van der Waals surface area contributed by atoms with Crippen molar-refractivity contribution in [2.24, 2.45) is 0 Å². The fourth-order valence-electron chi connectivity index (χ4n) is 2.54. The second-order valence-corrected chi connectivity index (χ2v) is 5.21. The van der Waals surface area contributed by atoms with Crippen LogP contribution in [-0.4, -0.2) is 33.4 Å². The van der Waals surface area contributed by atoms with Gasteiger partial charge in [-0.2, -0.15) is 0 Å². The smallest absolute Gasteiger partial charge is 0.122 e. The molecule has 0 radical (unpaired) electrons.